The van der Waals surface area contributed by atoms with Gasteiger partial charge in [0.1, 0.15) is 0 Å². The van der Waals surface area contributed by atoms with Crippen LogP contribution in [0.1, 0.15) is 13.8 Å². The van der Waals surface area contributed by atoms with E-state index in [0.29, 0.717) is 0 Å². The van der Waals surface area contributed by atoms with Crippen LogP contribution in [0.2, 0.25) is 0 Å². The molecule has 0 aliphatic carbocycles. The fourth-order valence-electron chi connectivity index (χ4n) is 0.422. The summed E-state index contributed by atoms with van der Waals surface area (Å²) in [6.07, 6.45) is 0.950. The summed E-state index contributed by atoms with van der Waals surface area (Å²) >= 11 is 0. The number of carboxylic acid groups (broad SMARTS) is 1. The minimum Gasteiger partial charge on any atom is -0.478 e. The average Bonchev–Trinajstić information content (AvgIpc) is 1.87. The van der Waals surface area contributed by atoms with Gasteiger partial charge < -0.3 is 9.84 Å². The summed E-state index contributed by atoms with van der Waals surface area (Å²) in [5, 5.41) is 8.32. The molecule has 0 radical (unpaired) electrons. The molecule has 0 saturated carbocycles. The Labute approximate surface area is 64.5 Å². The molecule has 0 aromatic carbocycles. The minimum atomic E-state index is -1.11. The van der Waals surface area contributed by atoms with Crippen molar-refractivity contribution in [1.82, 2.24) is 0 Å². The van der Waals surface area contributed by atoms with Crippen molar-refractivity contribution in [3.8, 4) is 0 Å². The second-order valence-corrected chi connectivity index (χ2v) is 1.88. The largest absolute Gasteiger partial charge is 0.478 e. The van der Waals surface area contributed by atoms with Crippen molar-refractivity contribution in [3.05, 3.63) is 11.6 Å². The first kappa shape index (κ1) is 9.68. The molecule has 0 amide bonds. The molecule has 0 unspecified atom stereocenters. The second-order valence-electron chi connectivity index (χ2n) is 1.88. The number of hydrogen-bond acceptors (Lipinski definition) is 3. The van der Waals surface area contributed by atoms with Crippen molar-refractivity contribution >= 4 is 11.9 Å². The van der Waals surface area contributed by atoms with Crippen LogP contribution in [0.5, 0.6) is 0 Å². The minimum absolute atomic E-state index is 0.0246. The molecule has 0 bridgehead atoms. The first-order valence-electron chi connectivity index (χ1n) is 3.16. The Kier molecular flexibility index (Phi) is 3.95. The molecule has 1 N–H and O–H groups in total. The maximum atomic E-state index is 10.6. The zero-order valence-electron chi connectivity index (χ0n) is 6.46. The van der Waals surface area contributed by atoms with Gasteiger partial charge >= 0.3 is 11.9 Å². The zero-order chi connectivity index (χ0) is 8.85. The molecule has 0 aromatic heterocycles. The highest BCUT2D eigenvalue weighted by molar-refractivity contribution is 5.94. The van der Waals surface area contributed by atoms with Gasteiger partial charge in [0.05, 0.1) is 6.61 Å². The molecule has 0 atom stereocenters. The highest BCUT2D eigenvalue weighted by Gasteiger charge is 2.03. The van der Waals surface area contributed by atoms with Gasteiger partial charge in [-0.3, -0.25) is 0 Å². The van der Waals surface area contributed by atoms with Crippen molar-refractivity contribution in [2.45, 2.75) is 13.8 Å². The second kappa shape index (κ2) is 4.49. The molecule has 0 spiro atoms. The number of carbonyl (C=O) groups is 2. The molecule has 0 saturated heterocycles. The lowest BCUT2D eigenvalue weighted by atomic mass is 10.3. The number of hydrogen-bond donors (Lipinski definition) is 1. The summed E-state index contributed by atoms with van der Waals surface area (Å²) in [6, 6.07) is 0. The SMILES string of the molecule is CCOC(=O)C=C(C)C(=O)O. The van der Waals surface area contributed by atoms with E-state index in [9.17, 15) is 9.59 Å². The number of aliphatic carboxylic acids is 1. The molecule has 0 aliphatic heterocycles. The monoisotopic (exact) mass is 158 g/mol. The average molecular weight is 158 g/mol. The fraction of sp³-hybridized carbons (Fsp3) is 0.429. The first-order valence-corrected chi connectivity index (χ1v) is 3.16. The van der Waals surface area contributed by atoms with Gasteiger partial charge in [0.25, 0.3) is 0 Å². The summed E-state index contributed by atoms with van der Waals surface area (Å²) in [6.45, 7) is 3.24. The molecule has 11 heavy (non-hydrogen) atoms. The predicted octanol–water partition coefficient (Wildman–Crippen LogP) is 0.580. The van der Waals surface area contributed by atoms with Crippen molar-refractivity contribution in [2.75, 3.05) is 6.61 Å². The molecule has 62 valence electrons. The highest BCUT2D eigenvalue weighted by atomic mass is 16.5. The van der Waals surface area contributed by atoms with E-state index in [1.54, 1.807) is 6.92 Å². The number of carboxylic acids is 1. The molecule has 0 rings (SSSR count). The van der Waals surface area contributed by atoms with E-state index in [-0.39, 0.29) is 12.2 Å². The topological polar surface area (TPSA) is 63.6 Å². The standard InChI is InChI=1S/C7H10O4/c1-3-11-6(8)4-5(2)7(9)10/h4H,3H2,1-2H3,(H,9,10). The number of rotatable bonds is 3. The van der Waals surface area contributed by atoms with Gasteiger partial charge in [0.15, 0.2) is 0 Å². The third-order valence-electron chi connectivity index (χ3n) is 0.958. The Hall–Kier alpha value is -1.32. The lowest BCUT2D eigenvalue weighted by molar-refractivity contribution is -0.138. The van der Waals surface area contributed by atoms with E-state index in [1.807, 2.05) is 0 Å². The quantitative estimate of drug-likeness (QED) is 0.482. The Bertz CT molecular complexity index is 193. The van der Waals surface area contributed by atoms with Crippen LogP contribution < -0.4 is 0 Å². The third-order valence-corrected chi connectivity index (χ3v) is 0.958. The molecule has 0 heterocycles. The summed E-state index contributed by atoms with van der Waals surface area (Å²) in [7, 11) is 0. The molecule has 4 heteroatoms. The van der Waals surface area contributed by atoms with Gasteiger partial charge in [-0.15, -0.1) is 0 Å². The Morgan fingerprint density at radius 1 is 1.55 bits per heavy atom. The lowest BCUT2D eigenvalue weighted by Gasteiger charge is -1.95. The predicted molar refractivity (Wildman–Crippen MR) is 38.0 cm³/mol. The van der Waals surface area contributed by atoms with Gasteiger partial charge in [-0.25, -0.2) is 9.59 Å². The number of esters is 1. The molecule has 0 aliphatic rings. The van der Waals surface area contributed by atoms with Crippen LogP contribution in [0.3, 0.4) is 0 Å². The lowest BCUT2D eigenvalue weighted by Crippen LogP contribution is -2.04. The van der Waals surface area contributed by atoms with E-state index < -0.39 is 11.9 Å². The maximum absolute atomic E-state index is 10.6. The van der Waals surface area contributed by atoms with E-state index in [1.165, 1.54) is 6.92 Å². The summed E-state index contributed by atoms with van der Waals surface area (Å²) < 4.78 is 4.48. The molecule has 4 nitrogen and oxygen atoms in total. The van der Waals surface area contributed by atoms with Crippen LogP contribution in [0.25, 0.3) is 0 Å². The van der Waals surface area contributed by atoms with Crippen molar-refractivity contribution < 1.29 is 19.4 Å². The summed E-state index contributed by atoms with van der Waals surface area (Å²) in [4.78, 5) is 20.8. The van der Waals surface area contributed by atoms with Gasteiger partial charge in [-0.2, -0.15) is 0 Å². The van der Waals surface area contributed by atoms with Gasteiger partial charge in [-0.1, -0.05) is 0 Å². The third kappa shape index (κ3) is 4.13. The zero-order valence-corrected chi connectivity index (χ0v) is 6.46. The van der Waals surface area contributed by atoms with Crippen LogP contribution in [0.4, 0.5) is 0 Å². The Balaban J connectivity index is 4.08. The summed E-state index contributed by atoms with van der Waals surface area (Å²) in [5.74, 6) is -1.73. The molecule has 0 fully saturated rings. The van der Waals surface area contributed by atoms with Crippen LogP contribution in [0.15, 0.2) is 11.6 Å². The van der Waals surface area contributed by atoms with E-state index in [0.717, 1.165) is 6.08 Å². The van der Waals surface area contributed by atoms with E-state index >= 15 is 0 Å². The van der Waals surface area contributed by atoms with E-state index in [4.69, 9.17) is 5.11 Å². The normalized spacial score (nSPS) is 10.9. The van der Waals surface area contributed by atoms with Gasteiger partial charge in [0, 0.05) is 11.6 Å². The maximum Gasteiger partial charge on any atom is 0.331 e. The van der Waals surface area contributed by atoms with Crippen molar-refractivity contribution in [1.29, 1.82) is 0 Å². The van der Waals surface area contributed by atoms with E-state index in [2.05, 4.69) is 4.74 Å². The van der Waals surface area contributed by atoms with Crippen LogP contribution in [0, 0.1) is 0 Å². The molecule has 0 aromatic rings. The van der Waals surface area contributed by atoms with Crippen LogP contribution in [-0.2, 0) is 14.3 Å². The fourth-order valence-corrected chi connectivity index (χ4v) is 0.422. The van der Waals surface area contributed by atoms with Gasteiger partial charge in [0.2, 0.25) is 0 Å². The Morgan fingerprint density at radius 3 is 2.45 bits per heavy atom. The van der Waals surface area contributed by atoms with Gasteiger partial charge in [-0.05, 0) is 13.8 Å². The smallest absolute Gasteiger partial charge is 0.331 e. The molecular weight excluding hydrogens is 148 g/mol. The van der Waals surface area contributed by atoms with Crippen molar-refractivity contribution in [2.24, 2.45) is 0 Å². The number of ether oxygens (including phenoxy) is 1. The molecular formula is C7H10O4. The highest BCUT2D eigenvalue weighted by Crippen LogP contribution is 1.92. The first-order chi connectivity index (χ1) is 5.07. The Morgan fingerprint density at radius 2 is 2.09 bits per heavy atom. The van der Waals surface area contributed by atoms with Crippen LogP contribution >= 0.6 is 0 Å². The van der Waals surface area contributed by atoms with Crippen LogP contribution in [-0.4, -0.2) is 23.7 Å². The summed E-state index contributed by atoms with van der Waals surface area (Å²) in [5.41, 5.74) is -0.0246. The van der Waals surface area contributed by atoms with Crippen molar-refractivity contribution in [3.63, 3.8) is 0 Å². The number of carbonyl (C=O) groups excluding carboxylic acids is 1.